The van der Waals surface area contributed by atoms with E-state index in [4.69, 9.17) is 9.47 Å². The minimum Gasteiger partial charge on any atom is -0.496 e. The van der Waals surface area contributed by atoms with Crippen molar-refractivity contribution in [2.75, 3.05) is 13.7 Å². The van der Waals surface area contributed by atoms with Crippen LogP contribution in [-0.2, 0) is 14.3 Å². The lowest BCUT2D eigenvalue weighted by atomic mass is 9.98. The quantitative estimate of drug-likeness (QED) is 0.772. The maximum absolute atomic E-state index is 12.1. The van der Waals surface area contributed by atoms with E-state index in [1.165, 1.54) is 13.2 Å². The number of hydrogen-bond acceptors (Lipinski definition) is 5. The topological polar surface area (TPSA) is 81.7 Å². The monoisotopic (exact) mass is 355 g/mol. The Morgan fingerprint density at radius 3 is 2.35 bits per heavy atom. The first-order valence-electron chi connectivity index (χ1n) is 8.19. The van der Waals surface area contributed by atoms with Crippen LogP contribution in [-0.4, -0.2) is 31.5 Å². The Bertz CT molecular complexity index is 773. The van der Waals surface area contributed by atoms with Gasteiger partial charge in [-0.05, 0) is 23.6 Å². The van der Waals surface area contributed by atoms with Crippen LogP contribution in [0.3, 0.4) is 0 Å². The van der Waals surface area contributed by atoms with E-state index in [9.17, 15) is 14.4 Å². The van der Waals surface area contributed by atoms with Crippen molar-refractivity contribution in [3.05, 3.63) is 65.7 Å². The summed E-state index contributed by atoms with van der Waals surface area (Å²) in [5.74, 6) is -1.47. The van der Waals surface area contributed by atoms with E-state index in [-0.39, 0.29) is 17.9 Å². The lowest BCUT2D eigenvalue weighted by Crippen LogP contribution is -2.34. The minimum absolute atomic E-state index is 0.0260. The second-order valence-electron chi connectivity index (χ2n) is 5.75. The summed E-state index contributed by atoms with van der Waals surface area (Å²) in [6.45, 7) is 1.39. The van der Waals surface area contributed by atoms with Gasteiger partial charge in [-0.3, -0.25) is 19.7 Å². The van der Waals surface area contributed by atoms with Crippen LogP contribution in [0.2, 0.25) is 0 Å². The maximum Gasteiger partial charge on any atom is 0.306 e. The van der Waals surface area contributed by atoms with Crippen molar-refractivity contribution in [3.63, 3.8) is 0 Å². The normalized spacial score (nSPS) is 11.3. The zero-order valence-electron chi connectivity index (χ0n) is 14.7. The molecule has 136 valence electrons. The number of hydrogen-bond donors (Lipinski definition) is 1. The third kappa shape index (κ3) is 5.44. The first kappa shape index (κ1) is 19.2. The number of rotatable bonds is 7. The molecule has 0 saturated carbocycles. The first-order valence-corrected chi connectivity index (χ1v) is 8.19. The molecule has 0 saturated heterocycles. The van der Waals surface area contributed by atoms with Gasteiger partial charge in [-0.2, -0.15) is 0 Å². The second-order valence-corrected chi connectivity index (χ2v) is 5.75. The highest BCUT2D eigenvalue weighted by Crippen LogP contribution is 2.19. The fraction of sp³-hybridized carbons (Fsp3) is 0.250. The molecule has 0 aliphatic rings. The molecule has 26 heavy (non-hydrogen) atoms. The molecule has 0 bridgehead atoms. The van der Waals surface area contributed by atoms with E-state index >= 15 is 0 Å². The van der Waals surface area contributed by atoms with Crippen LogP contribution in [0.25, 0.3) is 0 Å². The van der Waals surface area contributed by atoms with Gasteiger partial charge >= 0.3 is 5.97 Å². The van der Waals surface area contributed by atoms with E-state index in [1.807, 2.05) is 37.3 Å². The molecule has 1 atom stereocenters. The Labute approximate surface area is 152 Å². The van der Waals surface area contributed by atoms with E-state index in [2.05, 4.69) is 5.32 Å². The highest BCUT2D eigenvalue weighted by molar-refractivity contribution is 6.06. The first-order chi connectivity index (χ1) is 12.5. The van der Waals surface area contributed by atoms with Crippen molar-refractivity contribution >= 4 is 17.8 Å². The summed E-state index contributed by atoms with van der Waals surface area (Å²) in [7, 11) is 1.43. The van der Waals surface area contributed by atoms with E-state index in [0.717, 1.165) is 5.56 Å². The van der Waals surface area contributed by atoms with E-state index < -0.39 is 24.4 Å². The molecule has 0 fully saturated rings. The molecular weight excluding hydrogens is 334 g/mol. The Balaban J connectivity index is 1.81. The number of esters is 1. The Morgan fingerprint density at radius 2 is 1.65 bits per heavy atom. The predicted molar refractivity (Wildman–Crippen MR) is 95.9 cm³/mol. The number of para-hydroxylation sites is 1. The molecule has 6 nitrogen and oxygen atoms in total. The molecule has 1 N–H and O–H groups in total. The Morgan fingerprint density at radius 1 is 1.00 bits per heavy atom. The van der Waals surface area contributed by atoms with Gasteiger partial charge in [-0.1, -0.05) is 49.4 Å². The number of ether oxygens (including phenoxy) is 2. The summed E-state index contributed by atoms with van der Waals surface area (Å²) in [4.78, 5) is 35.8. The van der Waals surface area contributed by atoms with Gasteiger partial charge in [0, 0.05) is 0 Å². The summed E-state index contributed by atoms with van der Waals surface area (Å²) >= 11 is 0. The van der Waals surface area contributed by atoms with E-state index in [0.29, 0.717) is 5.75 Å². The highest BCUT2D eigenvalue weighted by Gasteiger charge is 2.17. The summed E-state index contributed by atoms with van der Waals surface area (Å²) in [5.41, 5.74) is 1.24. The molecule has 0 aromatic heterocycles. The highest BCUT2D eigenvalue weighted by atomic mass is 16.5. The summed E-state index contributed by atoms with van der Waals surface area (Å²) in [6.07, 6.45) is 0.151. The van der Waals surface area contributed by atoms with Gasteiger partial charge < -0.3 is 9.47 Å². The summed E-state index contributed by atoms with van der Waals surface area (Å²) in [6, 6.07) is 16.1. The number of carbonyl (C=O) groups excluding carboxylic acids is 3. The average molecular weight is 355 g/mol. The molecule has 0 unspecified atom stereocenters. The van der Waals surface area contributed by atoms with Gasteiger partial charge in [-0.25, -0.2) is 0 Å². The smallest absolute Gasteiger partial charge is 0.306 e. The molecule has 2 aromatic rings. The largest absolute Gasteiger partial charge is 0.496 e. The van der Waals surface area contributed by atoms with Crippen molar-refractivity contribution in [1.29, 1.82) is 0 Å². The van der Waals surface area contributed by atoms with Crippen LogP contribution in [0.4, 0.5) is 0 Å². The second kappa shape index (κ2) is 9.36. The minimum atomic E-state index is -0.693. The molecule has 0 aliphatic carbocycles. The molecule has 2 amide bonds. The van der Waals surface area contributed by atoms with Gasteiger partial charge in [0.1, 0.15) is 5.75 Å². The number of benzene rings is 2. The number of imide groups is 1. The van der Waals surface area contributed by atoms with Crippen LogP contribution in [0.15, 0.2) is 54.6 Å². The van der Waals surface area contributed by atoms with Gasteiger partial charge in [0.05, 0.1) is 19.1 Å². The van der Waals surface area contributed by atoms with Crippen LogP contribution >= 0.6 is 0 Å². The average Bonchev–Trinajstić information content (AvgIpc) is 2.67. The number of nitrogens with one attached hydrogen (secondary N) is 1. The molecule has 6 heteroatoms. The number of methoxy groups -OCH3 is 1. The van der Waals surface area contributed by atoms with Gasteiger partial charge in [0.15, 0.2) is 6.61 Å². The van der Waals surface area contributed by atoms with Crippen molar-refractivity contribution < 1.29 is 23.9 Å². The third-order valence-electron chi connectivity index (χ3n) is 3.81. The molecular formula is C20H21NO5. The molecule has 0 spiro atoms. The van der Waals surface area contributed by atoms with Crippen LogP contribution in [0.1, 0.15) is 35.2 Å². The van der Waals surface area contributed by atoms with Crippen LogP contribution < -0.4 is 10.1 Å². The van der Waals surface area contributed by atoms with Crippen molar-refractivity contribution in [2.45, 2.75) is 19.3 Å². The van der Waals surface area contributed by atoms with Crippen LogP contribution in [0, 0.1) is 0 Å². The van der Waals surface area contributed by atoms with Crippen molar-refractivity contribution in [1.82, 2.24) is 5.32 Å². The predicted octanol–water partition coefficient (Wildman–Crippen LogP) is 2.69. The molecule has 2 aromatic carbocycles. The van der Waals surface area contributed by atoms with E-state index in [1.54, 1.807) is 18.2 Å². The zero-order chi connectivity index (χ0) is 18.9. The molecule has 2 rings (SSSR count). The standard InChI is InChI=1S/C20H21NO5/c1-14(15-8-4-3-5-9-15)12-19(23)26-13-18(22)21-20(24)16-10-6-7-11-17(16)25-2/h3-11,14H,12-13H2,1-2H3,(H,21,22,24)/t14-/m0/s1. The lowest BCUT2D eigenvalue weighted by molar-refractivity contribution is -0.148. The van der Waals surface area contributed by atoms with Crippen molar-refractivity contribution in [3.8, 4) is 5.75 Å². The fourth-order valence-electron chi connectivity index (χ4n) is 2.42. The lowest BCUT2D eigenvalue weighted by Gasteiger charge is -2.11. The third-order valence-corrected chi connectivity index (χ3v) is 3.81. The fourth-order valence-corrected chi connectivity index (χ4v) is 2.42. The number of carbonyl (C=O) groups is 3. The van der Waals surface area contributed by atoms with Crippen molar-refractivity contribution in [2.24, 2.45) is 0 Å². The van der Waals surface area contributed by atoms with Crippen LogP contribution in [0.5, 0.6) is 5.75 Å². The Kier molecular flexibility index (Phi) is 6.91. The van der Waals surface area contributed by atoms with Gasteiger partial charge in [-0.15, -0.1) is 0 Å². The molecule has 0 radical (unpaired) electrons. The maximum atomic E-state index is 12.1. The molecule has 0 aliphatic heterocycles. The SMILES string of the molecule is COc1ccccc1C(=O)NC(=O)COC(=O)C[C@H](C)c1ccccc1. The van der Waals surface area contributed by atoms with Gasteiger partial charge in [0.2, 0.25) is 0 Å². The number of amides is 2. The summed E-state index contributed by atoms with van der Waals surface area (Å²) < 4.78 is 10.0. The molecule has 0 heterocycles. The van der Waals surface area contributed by atoms with Gasteiger partial charge in [0.25, 0.3) is 11.8 Å². The Hall–Kier alpha value is -3.15. The zero-order valence-corrected chi connectivity index (χ0v) is 14.7. The summed E-state index contributed by atoms with van der Waals surface area (Å²) in [5, 5.41) is 2.18.